The zero-order chi connectivity index (χ0) is 17.3. The number of nitrogens with zero attached hydrogens (tertiary/aromatic N) is 1. The maximum atomic E-state index is 12.7. The van der Waals surface area contributed by atoms with E-state index in [1.807, 2.05) is 12.1 Å². The van der Waals surface area contributed by atoms with E-state index in [2.05, 4.69) is 12.2 Å². The lowest BCUT2D eigenvalue weighted by Gasteiger charge is -2.20. The second-order valence-electron chi connectivity index (χ2n) is 6.68. The third-order valence-electron chi connectivity index (χ3n) is 4.67. The van der Waals surface area contributed by atoms with Gasteiger partial charge in [-0.15, -0.1) is 0 Å². The minimum Gasteiger partial charge on any atom is -0.385 e. The number of rotatable bonds is 9. The molecule has 1 heterocycles. The van der Waals surface area contributed by atoms with E-state index in [4.69, 9.17) is 0 Å². The Labute approximate surface area is 147 Å². The second-order valence-corrected chi connectivity index (χ2v) is 8.62. The van der Waals surface area contributed by atoms with Gasteiger partial charge in [0, 0.05) is 25.3 Å². The molecule has 1 saturated heterocycles. The minimum atomic E-state index is -3.33. The maximum Gasteiger partial charge on any atom is 0.243 e. The van der Waals surface area contributed by atoms with Crippen LogP contribution in [-0.4, -0.2) is 32.4 Å². The lowest BCUT2D eigenvalue weighted by Crippen LogP contribution is -2.31. The number of sulfonamides is 1. The molecule has 1 aliphatic heterocycles. The third kappa shape index (κ3) is 5.78. The van der Waals surface area contributed by atoms with Crippen LogP contribution in [0.1, 0.15) is 64.7 Å². The summed E-state index contributed by atoms with van der Waals surface area (Å²) in [6.45, 7) is 4.47. The highest BCUT2D eigenvalue weighted by atomic mass is 32.2. The van der Waals surface area contributed by atoms with Crippen LogP contribution >= 0.6 is 0 Å². The molecule has 136 valence electrons. The highest BCUT2D eigenvalue weighted by Gasteiger charge is 2.24. The van der Waals surface area contributed by atoms with Crippen LogP contribution in [0.3, 0.4) is 0 Å². The molecule has 2 rings (SSSR count). The molecule has 1 N–H and O–H groups in total. The summed E-state index contributed by atoms with van der Waals surface area (Å²) in [5, 5.41) is 3.38. The third-order valence-corrected chi connectivity index (χ3v) is 6.58. The molecule has 0 bridgehead atoms. The zero-order valence-corrected chi connectivity index (χ0v) is 15.8. The Morgan fingerprint density at radius 3 is 2.17 bits per heavy atom. The summed E-state index contributed by atoms with van der Waals surface area (Å²) in [4.78, 5) is 0.415. The van der Waals surface area contributed by atoms with Gasteiger partial charge in [-0.05, 0) is 43.5 Å². The van der Waals surface area contributed by atoms with Gasteiger partial charge in [0.25, 0.3) is 0 Å². The van der Waals surface area contributed by atoms with Gasteiger partial charge in [0.1, 0.15) is 0 Å². The van der Waals surface area contributed by atoms with E-state index < -0.39 is 10.0 Å². The molecule has 0 unspecified atom stereocenters. The molecule has 0 saturated carbocycles. The van der Waals surface area contributed by atoms with Gasteiger partial charge < -0.3 is 5.32 Å². The largest absolute Gasteiger partial charge is 0.385 e. The molecular weight excluding hydrogens is 320 g/mol. The fourth-order valence-corrected chi connectivity index (χ4v) is 4.65. The lowest BCUT2D eigenvalue weighted by molar-refractivity contribution is 0.424. The fraction of sp³-hybridized carbons (Fsp3) is 0.684. The molecule has 0 spiro atoms. The van der Waals surface area contributed by atoms with Crippen molar-refractivity contribution in [2.45, 2.75) is 69.6 Å². The molecule has 0 amide bonds. The quantitative estimate of drug-likeness (QED) is 0.659. The van der Waals surface area contributed by atoms with Crippen molar-refractivity contribution in [2.75, 3.05) is 25.0 Å². The van der Waals surface area contributed by atoms with E-state index in [1.165, 1.54) is 25.7 Å². The molecule has 1 aromatic rings. The van der Waals surface area contributed by atoms with Crippen molar-refractivity contribution in [1.29, 1.82) is 0 Å². The lowest BCUT2D eigenvalue weighted by atomic mass is 10.1. The first-order chi connectivity index (χ1) is 11.6. The molecule has 0 atom stereocenters. The van der Waals surface area contributed by atoms with Gasteiger partial charge in [0.2, 0.25) is 10.0 Å². The number of benzene rings is 1. The number of hydrogen-bond donors (Lipinski definition) is 1. The number of anilines is 1. The molecule has 1 aromatic carbocycles. The normalized spacial score (nSPS) is 16.7. The van der Waals surface area contributed by atoms with Crippen molar-refractivity contribution >= 4 is 15.7 Å². The number of hydrogen-bond acceptors (Lipinski definition) is 3. The molecule has 1 aliphatic rings. The smallest absolute Gasteiger partial charge is 0.243 e. The van der Waals surface area contributed by atoms with Gasteiger partial charge in [0.05, 0.1) is 4.90 Å². The summed E-state index contributed by atoms with van der Waals surface area (Å²) in [6, 6.07) is 7.24. The summed E-state index contributed by atoms with van der Waals surface area (Å²) >= 11 is 0. The Kier molecular flexibility index (Phi) is 8.06. The van der Waals surface area contributed by atoms with Crippen LogP contribution in [0.25, 0.3) is 0 Å². The first kappa shape index (κ1) is 19.3. The van der Waals surface area contributed by atoms with Crippen LogP contribution in [-0.2, 0) is 10.0 Å². The first-order valence-electron chi connectivity index (χ1n) is 9.48. The van der Waals surface area contributed by atoms with Crippen molar-refractivity contribution in [3.05, 3.63) is 24.3 Å². The minimum absolute atomic E-state index is 0.415. The van der Waals surface area contributed by atoms with Crippen LogP contribution < -0.4 is 5.32 Å². The standard InChI is InChI=1S/C19H32N2O2S/c1-2-3-4-5-8-15-20-18-11-13-19(14-12-18)24(22,23)21-16-9-6-7-10-17-21/h11-14,20H,2-10,15-17H2,1H3. The summed E-state index contributed by atoms with van der Waals surface area (Å²) in [6.07, 6.45) is 10.5. The molecular formula is C19H32N2O2S. The Balaban J connectivity index is 1.86. The molecule has 1 fully saturated rings. The Morgan fingerprint density at radius 1 is 0.917 bits per heavy atom. The van der Waals surface area contributed by atoms with Gasteiger partial charge in [-0.3, -0.25) is 0 Å². The van der Waals surface area contributed by atoms with Crippen LogP contribution in [0.2, 0.25) is 0 Å². The molecule has 24 heavy (non-hydrogen) atoms. The van der Waals surface area contributed by atoms with Crippen molar-refractivity contribution in [1.82, 2.24) is 4.31 Å². The highest BCUT2D eigenvalue weighted by Crippen LogP contribution is 2.21. The van der Waals surface area contributed by atoms with E-state index in [1.54, 1.807) is 16.4 Å². The van der Waals surface area contributed by atoms with E-state index >= 15 is 0 Å². The summed E-state index contributed by atoms with van der Waals surface area (Å²) in [5.41, 5.74) is 1.00. The average molecular weight is 353 g/mol. The maximum absolute atomic E-state index is 12.7. The van der Waals surface area contributed by atoms with E-state index in [9.17, 15) is 8.42 Å². The fourth-order valence-electron chi connectivity index (χ4n) is 3.14. The average Bonchev–Trinajstić information content (AvgIpc) is 2.88. The summed E-state index contributed by atoms with van der Waals surface area (Å²) in [5.74, 6) is 0. The first-order valence-corrected chi connectivity index (χ1v) is 10.9. The van der Waals surface area contributed by atoms with Crippen LogP contribution in [0.4, 0.5) is 5.69 Å². The Morgan fingerprint density at radius 2 is 1.54 bits per heavy atom. The molecule has 0 aromatic heterocycles. The van der Waals surface area contributed by atoms with Crippen LogP contribution in [0.5, 0.6) is 0 Å². The molecule has 0 radical (unpaired) electrons. The number of nitrogens with one attached hydrogen (secondary N) is 1. The topological polar surface area (TPSA) is 49.4 Å². The second kappa shape index (κ2) is 10.0. The van der Waals surface area contributed by atoms with Gasteiger partial charge in [-0.1, -0.05) is 45.4 Å². The van der Waals surface area contributed by atoms with E-state index in [0.717, 1.165) is 44.3 Å². The molecule has 4 nitrogen and oxygen atoms in total. The van der Waals surface area contributed by atoms with Crippen LogP contribution in [0.15, 0.2) is 29.2 Å². The monoisotopic (exact) mass is 352 g/mol. The van der Waals surface area contributed by atoms with Gasteiger partial charge in [0.15, 0.2) is 0 Å². The van der Waals surface area contributed by atoms with Crippen molar-refractivity contribution in [2.24, 2.45) is 0 Å². The van der Waals surface area contributed by atoms with Crippen molar-refractivity contribution < 1.29 is 8.42 Å². The Bertz CT molecular complexity index is 562. The SMILES string of the molecule is CCCCCCCNc1ccc(S(=O)(=O)N2CCCCCC2)cc1. The summed E-state index contributed by atoms with van der Waals surface area (Å²) < 4.78 is 27.1. The predicted molar refractivity (Wildman–Crippen MR) is 101 cm³/mol. The predicted octanol–water partition coefficient (Wildman–Crippen LogP) is 4.63. The molecule has 5 heteroatoms. The number of unbranched alkanes of at least 4 members (excludes halogenated alkanes) is 4. The van der Waals surface area contributed by atoms with Crippen LogP contribution in [0, 0.1) is 0 Å². The zero-order valence-electron chi connectivity index (χ0n) is 15.0. The summed E-state index contributed by atoms with van der Waals surface area (Å²) in [7, 11) is -3.33. The van der Waals surface area contributed by atoms with Gasteiger partial charge >= 0.3 is 0 Å². The Hall–Kier alpha value is -1.07. The molecule has 0 aliphatic carbocycles. The van der Waals surface area contributed by atoms with Gasteiger partial charge in [-0.2, -0.15) is 4.31 Å². The van der Waals surface area contributed by atoms with E-state index in [0.29, 0.717) is 18.0 Å². The van der Waals surface area contributed by atoms with E-state index in [-0.39, 0.29) is 0 Å². The van der Waals surface area contributed by atoms with Gasteiger partial charge in [-0.25, -0.2) is 8.42 Å². The van der Waals surface area contributed by atoms with Crippen molar-refractivity contribution in [3.8, 4) is 0 Å². The highest BCUT2D eigenvalue weighted by molar-refractivity contribution is 7.89. The van der Waals surface area contributed by atoms with Crippen molar-refractivity contribution in [3.63, 3.8) is 0 Å².